The maximum atomic E-state index is 4.59. The van der Waals surface area contributed by atoms with Gasteiger partial charge in [-0.05, 0) is 38.6 Å². The first-order chi connectivity index (χ1) is 8.20. The summed E-state index contributed by atoms with van der Waals surface area (Å²) >= 11 is 0. The second-order valence-electron chi connectivity index (χ2n) is 4.34. The van der Waals surface area contributed by atoms with Gasteiger partial charge < -0.3 is 5.32 Å². The molecule has 1 atom stereocenters. The van der Waals surface area contributed by atoms with Gasteiger partial charge in [0.2, 0.25) is 0 Å². The highest BCUT2D eigenvalue weighted by atomic mass is 14.9. The molecule has 1 heterocycles. The first kappa shape index (κ1) is 11.8. The molecule has 0 aliphatic carbocycles. The van der Waals surface area contributed by atoms with Crippen molar-refractivity contribution in [2.24, 2.45) is 0 Å². The molecule has 0 fully saturated rings. The van der Waals surface area contributed by atoms with E-state index in [-0.39, 0.29) is 6.04 Å². The SMILES string of the molecule is CNC(c1cccc(C)c1)c1cccc(C)n1. The molecule has 0 amide bonds. The summed E-state index contributed by atoms with van der Waals surface area (Å²) in [5, 5.41) is 3.33. The van der Waals surface area contributed by atoms with Crippen LogP contribution in [0.15, 0.2) is 42.5 Å². The second-order valence-corrected chi connectivity index (χ2v) is 4.34. The fourth-order valence-electron chi connectivity index (χ4n) is 2.06. The number of benzene rings is 1. The zero-order chi connectivity index (χ0) is 12.3. The summed E-state index contributed by atoms with van der Waals surface area (Å²) in [7, 11) is 1.97. The van der Waals surface area contributed by atoms with E-state index in [9.17, 15) is 0 Å². The number of nitrogens with one attached hydrogen (secondary N) is 1. The Morgan fingerprint density at radius 3 is 2.47 bits per heavy atom. The summed E-state index contributed by atoms with van der Waals surface area (Å²) in [6.07, 6.45) is 0. The van der Waals surface area contributed by atoms with E-state index >= 15 is 0 Å². The maximum Gasteiger partial charge on any atom is 0.0749 e. The van der Waals surface area contributed by atoms with E-state index in [2.05, 4.69) is 53.6 Å². The monoisotopic (exact) mass is 226 g/mol. The third-order valence-electron chi connectivity index (χ3n) is 2.87. The fourth-order valence-corrected chi connectivity index (χ4v) is 2.06. The molecule has 2 heteroatoms. The van der Waals surface area contributed by atoms with Crippen molar-refractivity contribution in [2.45, 2.75) is 19.9 Å². The van der Waals surface area contributed by atoms with Gasteiger partial charge in [-0.25, -0.2) is 0 Å². The van der Waals surface area contributed by atoms with Crippen LogP contribution in [0.2, 0.25) is 0 Å². The number of pyridine rings is 1. The molecule has 17 heavy (non-hydrogen) atoms. The Hall–Kier alpha value is -1.67. The minimum absolute atomic E-state index is 0.162. The summed E-state index contributed by atoms with van der Waals surface area (Å²) in [6, 6.07) is 14.8. The van der Waals surface area contributed by atoms with E-state index in [1.54, 1.807) is 0 Å². The Kier molecular flexibility index (Phi) is 3.55. The minimum Gasteiger partial charge on any atom is -0.308 e. The van der Waals surface area contributed by atoms with Crippen molar-refractivity contribution in [3.8, 4) is 0 Å². The lowest BCUT2D eigenvalue weighted by Gasteiger charge is -2.17. The second kappa shape index (κ2) is 5.11. The minimum atomic E-state index is 0.162. The first-order valence-corrected chi connectivity index (χ1v) is 5.88. The molecule has 0 radical (unpaired) electrons. The van der Waals surface area contributed by atoms with Crippen molar-refractivity contribution >= 4 is 0 Å². The maximum absolute atomic E-state index is 4.59. The molecule has 0 saturated carbocycles. The van der Waals surface area contributed by atoms with Crippen molar-refractivity contribution in [3.05, 3.63) is 65.0 Å². The van der Waals surface area contributed by atoms with Crippen LogP contribution in [0.1, 0.15) is 28.6 Å². The summed E-state index contributed by atoms with van der Waals surface area (Å²) in [4.78, 5) is 4.59. The fraction of sp³-hybridized carbons (Fsp3) is 0.267. The Balaban J connectivity index is 2.40. The molecule has 0 aliphatic rings. The normalized spacial score (nSPS) is 12.4. The molecule has 1 aromatic carbocycles. The van der Waals surface area contributed by atoms with Gasteiger partial charge in [0.15, 0.2) is 0 Å². The van der Waals surface area contributed by atoms with Crippen LogP contribution in [0.5, 0.6) is 0 Å². The van der Waals surface area contributed by atoms with Crippen molar-refractivity contribution in [1.82, 2.24) is 10.3 Å². The highest BCUT2D eigenvalue weighted by Crippen LogP contribution is 2.20. The van der Waals surface area contributed by atoms with Crippen molar-refractivity contribution in [2.75, 3.05) is 7.05 Å². The van der Waals surface area contributed by atoms with Crippen LogP contribution in [0.25, 0.3) is 0 Å². The van der Waals surface area contributed by atoms with Gasteiger partial charge in [0.25, 0.3) is 0 Å². The summed E-state index contributed by atoms with van der Waals surface area (Å²) in [6.45, 7) is 4.13. The molecule has 0 bridgehead atoms. The van der Waals surface area contributed by atoms with Crippen molar-refractivity contribution < 1.29 is 0 Å². The quantitative estimate of drug-likeness (QED) is 0.870. The van der Waals surface area contributed by atoms with Gasteiger partial charge in [-0.15, -0.1) is 0 Å². The lowest BCUT2D eigenvalue weighted by Crippen LogP contribution is -2.19. The highest BCUT2D eigenvalue weighted by Gasteiger charge is 2.12. The van der Waals surface area contributed by atoms with Crippen LogP contribution in [-0.2, 0) is 0 Å². The number of hydrogen-bond donors (Lipinski definition) is 1. The highest BCUT2D eigenvalue weighted by molar-refractivity contribution is 5.31. The van der Waals surface area contributed by atoms with Crippen LogP contribution in [0.3, 0.4) is 0 Å². The Labute approximate surface area is 103 Å². The van der Waals surface area contributed by atoms with Gasteiger partial charge in [0.05, 0.1) is 11.7 Å². The standard InChI is InChI=1S/C15H18N2/c1-11-6-4-8-13(10-11)15(16-3)14-9-5-7-12(2)17-14/h4-10,15-16H,1-3H3. The molecule has 0 saturated heterocycles. The number of rotatable bonds is 3. The number of hydrogen-bond acceptors (Lipinski definition) is 2. The van der Waals surface area contributed by atoms with Crippen LogP contribution >= 0.6 is 0 Å². The molecule has 1 unspecified atom stereocenters. The lowest BCUT2D eigenvalue weighted by molar-refractivity contribution is 0.668. The van der Waals surface area contributed by atoms with Crippen LogP contribution < -0.4 is 5.32 Å². The van der Waals surface area contributed by atoms with E-state index in [0.717, 1.165) is 11.4 Å². The van der Waals surface area contributed by atoms with Crippen LogP contribution in [0.4, 0.5) is 0 Å². The molecule has 88 valence electrons. The van der Waals surface area contributed by atoms with Gasteiger partial charge in [0.1, 0.15) is 0 Å². The average Bonchev–Trinajstić information content (AvgIpc) is 2.30. The van der Waals surface area contributed by atoms with Gasteiger partial charge in [-0.1, -0.05) is 35.9 Å². The zero-order valence-corrected chi connectivity index (χ0v) is 10.6. The number of aryl methyl sites for hydroxylation is 2. The topological polar surface area (TPSA) is 24.9 Å². The van der Waals surface area contributed by atoms with E-state index in [1.165, 1.54) is 11.1 Å². The van der Waals surface area contributed by atoms with Crippen molar-refractivity contribution in [3.63, 3.8) is 0 Å². The predicted octanol–water partition coefficient (Wildman–Crippen LogP) is 3.01. The number of aromatic nitrogens is 1. The smallest absolute Gasteiger partial charge is 0.0749 e. The Morgan fingerprint density at radius 2 is 1.82 bits per heavy atom. The molecular formula is C15H18N2. The zero-order valence-electron chi connectivity index (χ0n) is 10.6. The van der Waals surface area contributed by atoms with Gasteiger partial charge in [-0.3, -0.25) is 4.98 Å². The molecule has 1 aromatic heterocycles. The molecule has 2 rings (SSSR count). The Morgan fingerprint density at radius 1 is 1.06 bits per heavy atom. The summed E-state index contributed by atoms with van der Waals surface area (Å²) in [5.41, 5.74) is 4.65. The summed E-state index contributed by atoms with van der Waals surface area (Å²) < 4.78 is 0. The Bertz CT molecular complexity index is 460. The van der Waals surface area contributed by atoms with E-state index < -0.39 is 0 Å². The first-order valence-electron chi connectivity index (χ1n) is 5.88. The predicted molar refractivity (Wildman–Crippen MR) is 71.1 cm³/mol. The van der Waals surface area contributed by atoms with Crippen molar-refractivity contribution in [1.29, 1.82) is 0 Å². The van der Waals surface area contributed by atoms with Gasteiger partial charge in [0, 0.05) is 5.69 Å². The third-order valence-corrected chi connectivity index (χ3v) is 2.87. The van der Waals surface area contributed by atoms with Crippen LogP contribution in [0, 0.1) is 13.8 Å². The molecule has 2 nitrogen and oxygen atoms in total. The lowest BCUT2D eigenvalue weighted by atomic mass is 10.0. The third kappa shape index (κ3) is 2.71. The summed E-state index contributed by atoms with van der Waals surface area (Å²) in [5.74, 6) is 0. The molecule has 0 aliphatic heterocycles. The average molecular weight is 226 g/mol. The van der Waals surface area contributed by atoms with Gasteiger partial charge in [-0.2, -0.15) is 0 Å². The molecule has 2 aromatic rings. The van der Waals surface area contributed by atoms with E-state index in [1.807, 2.05) is 20.0 Å². The largest absolute Gasteiger partial charge is 0.308 e. The van der Waals surface area contributed by atoms with Gasteiger partial charge >= 0.3 is 0 Å². The molecule has 1 N–H and O–H groups in total. The molecular weight excluding hydrogens is 208 g/mol. The number of nitrogens with zero attached hydrogens (tertiary/aromatic N) is 1. The van der Waals surface area contributed by atoms with Crippen LogP contribution in [-0.4, -0.2) is 12.0 Å². The molecule has 0 spiro atoms. The van der Waals surface area contributed by atoms with E-state index in [4.69, 9.17) is 0 Å². The van der Waals surface area contributed by atoms with E-state index in [0.29, 0.717) is 0 Å².